The molecule has 20 heavy (non-hydrogen) atoms. The van der Waals surface area contributed by atoms with Crippen LogP contribution in [0, 0.1) is 0 Å². The Kier molecular flexibility index (Phi) is 2.38. The normalized spacial score (nSPS) is 18.1. The van der Waals surface area contributed by atoms with E-state index < -0.39 is 0 Å². The zero-order valence-corrected chi connectivity index (χ0v) is 12.0. The van der Waals surface area contributed by atoms with Crippen LogP contribution in [-0.2, 0) is 12.8 Å². The van der Waals surface area contributed by atoms with Crippen molar-refractivity contribution in [2.45, 2.75) is 32.3 Å². The predicted molar refractivity (Wildman–Crippen MR) is 82.5 cm³/mol. The van der Waals surface area contributed by atoms with E-state index in [4.69, 9.17) is 4.74 Å². The summed E-state index contributed by atoms with van der Waals surface area (Å²) in [5.74, 6) is 1.04. The number of hydrogen-bond donors (Lipinski definition) is 1. The minimum Gasteiger partial charge on any atom is -0.487 e. The van der Waals surface area contributed by atoms with E-state index in [0.29, 0.717) is 0 Å². The zero-order valence-electron chi connectivity index (χ0n) is 12.0. The van der Waals surface area contributed by atoms with Crippen LogP contribution in [0.4, 0.5) is 5.69 Å². The Balaban J connectivity index is 1.74. The van der Waals surface area contributed by atoms with Gasteiger partial charge >= 0.3 is 0 Å². The fourth-order valence-electron chi connectivity index (χ4n) is 3.27. The van der Waals surface area contributed by atoms with Gasteiger partial charge in [-0.05, 0) is 66.8 Å². The molecule has 2 aromatic rings. The van der Waals surface area contributed by atoms with Gasteiger partial charge in [-0.15, -0.1) is 0 Å². The lowest BCUT2D eigenvalue weighted by atomic mass is 9.96. The smallest absolute Gasteiger partial charge is 0.123 e. The number of rotatable bonds is 1. The molecule has 0 aromatic heterocycles. The molecule has 2 aromatic carbocycles. The molecule has 0 saturated heterocycles. The van der Waals surface area contributed by atoms with Crippen molar-refractivity contribution >= 4 is 5.69 Å². The van der Waals surface area contributed by atoms with E-state index in [9.17, 15) is 0 Å². The Morgan fingerprint density at radius 1 is 1.00 bits per heavy atom. The van der Waals surface area contributed by atoms with Gasteiger partial charge in [0.05, 0.1) is 0 Å². The molecule has 0 amide bonds. The first-order valence-electron chi connectivity index (χ1n) is 7.30. The largest absolute Gasteiger partial charge is 0.487 e. The Morgan fingerprint density at radius 3 is 2.60 bits per heavy atom. The summed E-state index contributed by atoms with van der Waals surface area (Å²) in [5, 5.41) is 3.41. The third kappa shape index (κ3) is 1.87. The number of benzene rings is 2. The first-order valence-corrected chi connectivity index (χ1v) is 7.30. The first-order chi connectivity index (χ1) is 9.61. The summed E-state index contributed by atoms with van der Waals surface area (Å²) in [4.78, 5) is 0. The minimum absolute atomic E-state index is 0.0667. The summed E-state index contributed by atoms with van der Waals surface area (Å²) in [5.41, 5.74) is 6.58. The summed E-state index contributed by atoms with van der Waals surface area (Å²) >= 11 is 0. The summed E-state index contributed by atoms with van der Waals surface area (Å²) in [7, 11) is 0. The van der Waals surface area contributed by atoms with Crippen molar-refractivity contribution in [3.63, 3.8) is 0 Å². The van der Waals surface area contributed by atoms with Crippen LogP contribution in [0.3, 0.4) is 0 Å². The molecule has 102 valence electrons. The van der Waals surface area contributed by atoms with Gasteiger partial charge in [0.25, 0.3) is 0 Å². The highest BCUT2D eigenvalue weighted by atomic mass is 16.5. The number of hydrogen-bond acceptors (Lipinski definition) is 2. The van der Waals surface area contributed by atoms with Gasteiger partial charge in [0, 0.05) is 18.7 Å². The van der Waals surface area contributed by atoms with Crippen molar-refractivity contribution in [1.29, 1.82) is 0 Å². The minimum atomic E-state index is -0.0667. The molecule has 1 N–H and O–H groups in total. The Morgan fingerprint density at radius 2 is 1.75 bits per heavy atom. The second-order valence-corrected chi connectivity index (χ2v) is 6.41. The SMILES string of the molecule is CC1(C)Cc2cc(-c3ccc4c(c3)CCN4)ccc2O1. The second-order valence-electron chi connectivity index (χ2n) is 6.41. The zero-order chi connectivity index (χ0) is 13.7. The third-order valence-electron chi connectivity index (χ3n) is 4.21. The van der Waals surface area contributed by atoms with Gasteiger partial charge in [0.1, 0.15) is 11.4 Å². The van der Waals surface area contributed by atoms with Crippen LogP contribution in [0.15, 0.2) is 36.4 Å². The molecule has 0 bridgehead atoms. The van der Waals surface area contributed by atoms with Gasteiger partial charge in [-0.2, -0.15) is 0 Å². The van der Waals surface area contributed by atoms with E-state index in [1.807, 2.05) is 0 Å². The maximum Gasteiger partial charge on any atom is 0.123 e. The molecule has 2 heterocycles. The molecule has 2 aliphatic rings. The molecular formula is C18H19NO. The second kappa shape index (κ2) is 4.02. The van der Waals surface area contributed by atoms with Gasteiger partial charge in [-0.1, -0.05) is 12.1 Å². The van der Waals surface area contributed by atoms with Crippen molar-refractivity contribution in [3.8, 4) is 16.9 Å². The van der Waals surface area contributed by atoms with E-state index >= 15 is 0 Å². The molecule has 2 heteroatoms. The van der Waals surface area contributed by atoms with Crippen molar-refractivity contribution in [1.82, 2.24) is 0 Å². The van der Waals surface area contributed by atoms with Crippen molar-refractivity contribution in [3.05, 3.63) is 47.5 Å². The van der Waals surface area contributed by atoms with Crippen molar-refractivity contribution in [2.75, 3.05) is 11.9 Å². The molecule has 2 nitrogen and oxygen atoms in total. The first kappa shape index (κ1) is 11.8. The standard InChI is InChI=1S/C18H19NO/c1-18(2)11-15-10-13(4-6-17(15)20-18)12-3-5-16-14(9-12)7-8-19-16/h3-6,9-10,19H,7-8,11H2,1-2H3. The lowest BCUT2D eigenvalue weighted by molar-refractivity contribution is 0.138. The highest BCUT2D eigenvalue weighted by Gasteiger charge is 2.30. The topological polar surface area (TPSA) is 21.3 Å². The van der Waals surface area contributed by atoms with Gasteiger partial charge in [-0.3, -0.25) is 0 Å². The Bertz CT molecular complexity index is 688. The molecular weight excluding hydrogens is 246 g/mol. The van der Waals surface area contributed by atoms with E-state index in [-0.39, 0.29) is 5.60 Å². The maximum absolute atomic E-state index is 5.95. The summed E-state index contributed by atoms with van der Waals surface area (Å²) < 4.78 is 5.95. The van der Waals surface area contributed by atoms with Gasteiger partial charge in [0.2, 0.25) is 0 Å². The van der Waals surface area contributed by atoms with Crippen LogP contribution in [0.25, 0.3) is 11.1 Å². The van der Waals surface area contributed by atoms with Gasteiger partial charge in [-0.25, -0.2) is 0 Å². The van der Waals surface area contributed by atoms with Gasteiger partial charge in [0.15, 0.2) is 0 Å². The summed E-state index contributed by atoms with van der Waals surface area (Å²) in [6.07, 6.45) is 2.12. The molecule has 4 rings (SSSR count). The fourth-order valence-corrected chi connectivity index (χ4v) is 3.27. The molecule has 0 fully saturated rings. The van der Waals surface area contributed by atoms with E-state index in [2.05, 4.69) is 55.6 Å². The molecule has 0 unspecified atom stereocenters. The predicted octanol–water partition coefficient (Wildman–Crippen LogP) is 4.04. The van der Waals surface area contributed by atoms with Crippen LogP contribution in [0.2, 0.25) is 0 Å². The summed E-state index contributed by atoms with van der Waals surface area (Å²) in [6, 6.07) is 13.3. The molecule has 2 aliphatic heterocycles. The fraction of sp³-hybridized carbons (Fsp3) is 0.333. The lowest BCUT2D eigenvalue weighted by Crippen LogP contribution is -2.24. The third-order valence-corrected chi connectivity index (χ3v) is 4.21. The number of anilines is 1. The van der Waals surface area contributed by atoms with Gasteiger partial charge < -0.3 is 10.1 Å². The number of ether oxygens (including phenoxy) is 1. The number of nitrogens with one attached hydrogen (secondary N) is 1. The van der Waals surface area contributed by atoms with E-state index in [1.54, 1.807) is 0 Å². The molecule has 0 saturated carbocycles. The summed E-state index contributed by atoms with van der Waals surface area (Å²) in [6.45, 7) is 5.35. The van der Waals surface area contributed by atoms with Crippen molar-refractivity contribution < 1.29 is 4.74 Å². The molecule has 0 atom stereocenters. The highest BCUT2D eigenvalue weighted by Crippen LogP contribution is 2.38. The molecule has 0 radical (unpaired) electrons. The number of fused-ring (bicyclic) bond motifs is 2. The highest BCUT2D eigenvalue weighted by molar-refractivity contribution is 5.71. The van der Waals surface area contributed by atoms with E-state index in [1.165, 1.54) is 27.9 Å². The quantitative estimate of drug-likeness (QED) is 0.840. The van der Waals surface area contributed by atoms with Crippen LogP contribution >= 0.6 is 0 Å². The molecule has 0 aliphatic carbocycles. The Labute approximate surface area is 119 Å². The maximum atomic E-state index is 5.95. The van der Waals surface area contributed by atoms with Crippen LogP contribution < -0.4 is 10.1 Å². The Hall–Kier alpha value is -1.96. The molecule has 0 spiro atoms. The van der Waals surface area contributed by atoms with Crippen LogP contribution in [0.1, 0.15) is 25.0 Å². The average Bonchev–Trinajstić information content (AvgIpc) is 2.98. The van der Waals surface area contributed by atoms with Crippen molar-refractivity contribution in [2.24, 2.45) is 0 Å². The van der Waals surface area contributed by atoms with Crippen LogP contribution in [-0.4, -0.2) is 12.1 Å². The van der Waals surface area contributed by atoms with E-state index in [0.717, 1.165) is 25.1 Å². The average molecular weight is 265 g/mol. The lowest BCUT2D eigenvalue weighted by Gasteiger charge is -2.16. The monoisotopic (exact) mass is 265 g/mol. The van der Waals surface area contributed by atoms with Crippen LogP contribution in [0.5, 0.6) is 5.75 Å².